The third-order valence-corrected chi connectivity index (χ3v) is 4.85. The van der Waals surface area contributed by atoms with Gasteiger partial charge in [-0.2, -0.15) is 11.8 Å². The monoisotopic (exact) mass is 199 g/mol. The van der Waals surface area contributed by atoms with Crippen molar-refractivity contribution < 1.29 is 0 Å². The van der Waals surface area contributed by atoms with Gasteiger partial charge in [0.05, 0.1) is 0 Å². The highest BCUT2D eigenvalue weighted by atomic mass is 32.2. The van der Waals surface area contributed by atoms with Gasteiger partial charge in [-0.3, -0.25) is 0 Å². The van der Waals surface area contributed by atoms with E-state index in [1.54, 1.807) is 0 Å². The zero-order valence-corrected chi connectivity index (χ0v) is 9.46. The molecule has 2 fully saturated rings. The van der Waals surface area contributed by atoms with Crippen LogP contribution in [0.3, 0.4) is 0 Å². The van der Waals surface area contributed by atoms with Crippen LogP contribution in [-0.4, -0.2) is 24.1 Å². The van der Waals surface area contributed by atoms with Gasteiger partial charge in [0.15, 0.2) is 0 Å². The van der Waals surface area contributed by atoms with Crippen molar-refractivity contribution >= 4 is 11.8 Å². The summed E-state index contributed by atoms with van der Waals surface area (Å²) >= 11 is 2.12. The quantitative estimate of drug-likeness (QED) is 0.747. The molecule has 1 heterocycles. The Morgan fingerprint density at radius 2 is 2.31 bits per heavy atom. The zero-order chi connectivity index (χ0) is 9.15. The van der Waals surface area contributed by atoms with E-state index >= 15 is 0 Å². The summed E-state index contributed by atoms with van der Waals surface area (Å²) in [6.45, 7) is 3.62. The normalized spacial score (nSPS) is 31.6. The molecule has 76 valence electrons. The lowest BCUT2D eigenvalue weighted by atomic mass is 10.0. The predicted molar refractivity (Wildman–Crippen MR) is 60.3 cm³/mol. The van der Waals surface area contributed by atoms with Crippen LogP contribution in [-0.2, 0) is 0 Å². The third-order valence-electron chi connectivity index (χ3n) is 3.63. The lowest BCUT2D eigenvalue weighted by Gasteiger charge is -2.25. The molecule has 0 aromatic rings. The molecule has 1 nitrogen and oxygen atoms in total. The fourth-order valence-corrected chi connectivity index (χ4v) is 3.20. The molecule has 0 aromatic heterocycles. The largest absolute Gasteiger partial charge is 0.313 e. The van der Waals surface area contributed by atoms with Crippen molar-refractivity contribution in [1.82, 2.24) is 5.32 Å². The number of thioether (sulfide) groups is 1. The molecule has 1 saturated heterocycles. The lowest BCUT2D eigenvalue weighted by molar-refractivity contribution is 0.399. The smallest absolute Gasteiger partial charge is 0.0158 e. The molecule has 0 aromatic carbocycles. The van der Waals surface area contributed by atoms with Crippen LogP contribution in [0, 0.1) is 5.41 Å². The number of nitrogens with one attached hydrogen (secondary N) is 1. The molecule has 0 radical (unpaired) electrons. The Hall–Kier alpha value is 0.310. The Labute approximate surface area is 86.0 Å². The average molecular weight is 199 g/mol. The molecule has 2 rings (SSSR count). The minimum Gasteiger partial charge on any atom is -0.313 e. The first kappa shape index (κ1) is 9.85. The zero-order valence-electron chi connectivity index (χ0n) is 8.64. The lowest BCUT2D eigenvalue weighted by Crippen LogP contribution is -2.37. The Morgan fingerprint density at radius 3 is 2.85 bits per heavy atom. The van der Waals surface area contributed by atoms with Gasteiger partial charge in [0.1, 0.15) is 0 Å². The summed E-state index contributed by atoms with van der Waals surface area (Å²) in [5.41, 5.74) is 0.724. The number of hydrogen-bond donors (Lipinski definition) is 1. The van der Waals surface area contributed by atoms with Crippen LogP contribution in [0.4, 0.5) is 0 Å². The van der Waals surface area contributed by atoms with Gasteiger partial charge in [-0.15, -0.1) is 0 Å². The highest BCUT2D eigenvalue weighted by Crippen LogP contribution is 2.48. The molecule has 1 unspecified atom stereocenters. The van der Waals surface area contributed by atoms with Crippen molar-refractivity contribution in [3.8, 4) is 0 Å². The molecule has 1 atom stereocenters. The summed E-state index contributed by atoms with van der Waals surface area (Å²) in [6, 6.07) is 0.822. The molecule has 2 aliphatic rings. The maximum atomic E-state index is 3.75. The molecule has 0 amide bonds. The summed E-state index contributed by atoms with van der Waals surface area (Å²) in [5, 5.41) is 3.75. The van der Waals surface area contributed by atoms with Crippen molar-refractivity contribution in [2.24, 2.45) is 5.41 Å². The second-order valence-electron chi connectivity index (χ2n) is 4.65. The summed E-state index contributed by atoms with van der Waals surface area (Å²) in [4.78, 5) is 0. The first-order valence-corrected chi connectivity index (χ1v) is 6.81. The van der Waals surface area contributed by atoms with Crippen LogP contribution in [0.25, 0.3) is 0 Å². The second kappa shape index (κ2) is 4.22. The van der Waals surface area contributed by atoms with E-state index < -0.39 is 0 Å². The fourth-order valence-electron chi connectivity index (χ4n) is 2.09. The highest BCUT2D eigenvalue weighted by molar-refractivity contribution is 7.99. The Bertz CT molecular complexity index is 159. The molecule has 1 aliphatic carbocycles. The minimum atomic E-state index is 0.724. The van der Waals surface area contributed by atoms with E-state index in [1.807, 2.05) is 0 Å². The van der Waals surface area contributed by atoms with Gasteiger partial charge in [0.25, 0.3) is 0 Å². The Kier molecular flexibility index (Phi) is 3.20. The number of rotatable bonds is 4. The molecule has 1 saturated carbocycles. The van der Waals surface area contributed by atoms with E-state index in [4.69, 9.17) is 0 Å². The highest BCUT2D eigenvalue weighted by Gasteiger charge is 2.40. The van der Waals surface area contributed by atoms with Crippen molar-refractivity contribution in [3.05, 3.63) is 0 Å². The first-order chi connectivity index (χ1) is 6.35. The van der Waals surface area contributed by atoms with Gasteiger partial charge in [-0.1, -0.05) is 6.92 Å². The van der Waals surface area contributed by atoms with Crippen LogP contribution < -0.4 is 5.32 Å². The molecular formula is C11H21NS. The van der Waals surface area contributed by atoms with Crippen molar-refractivity contribution in [1.29, 1.82) is 0 Å². The summed E-state index contributed by atoms with van der Waals surface area (Å²) < 4.78 is 0. The van der Waals surface area contributed by atoms with E-state index in [-0.39, 0.29) is 0 Å². The first-order valence-electron chi connectivity index (χ1n) is 5.66. The van der Waals surface area contributed by atoms with Crippen molar-refractivity contribution in [2.75, 3.05) is 18.1 Å². The maximum Gasteiger partial charge on any atom is 0.0158 e. The molecule has 1 N–H and O–H groups in total. The van der Waals surface area contributed by atoms with Gasteiger partial charge in [-0.05, 0) is 43.3 Å². The van der Waals surface area contributed by atoms with Crippen LogP contribution in [0.1, 0.15) is 39.0 Å². The van der Waals surface area contributed by atoms with Gasteiger partial charge < -0.3 is 5.32 Å². The van der Waals surface area contributed by atoms with Gasteiger partial charge in [-0.25, -0.2) is 0 Å². The molecule has 13 heavy (non-hydrogen) atoms. The summed E-state index contributed by atoms with van der Waals surface area (Å²) in [5.74, 6) is 2.73. The van der Waals surface area contributed by atoms with Crippen molar-refractivity contribution in [3.63, 3.8) is 0 Å². The van der Waals surface area contributed by atoms with E-state index in [9.17, 15) is 0 Å². The molecule has 1 aliphatic heterocycles. The van der Waals surface area contributed by atoms with E-state index in [0.717, 1.165) is 11.5 Å². The predicted octanol–water partition coefficient (Wildman–Crippen LogP) is 2.66. The average Bonchev–Trinajstić information content (AvgIpc) is 2.97. The summed E-state index contributed by atoms with van der Waals surface area (Å²) in [7, 11) is 0. The van der Waals surface area contributed by atoms with E-state index in [0.29, 0.717) is 0 Å². The van der Waals surface area contributed by atoms with Crippen molar-refractivity contribution in [2.45, 2.75) is 45.1 Å². The third kappa shape index (κ3) is 2.63. The maximum absolute atomic E-state index is 3.75. The molecule has 0 bridgehead atoms. The van der Waals surface area contributed by atoms with Gasteiger partial charge in [0.2, 0.25) is 0 Å². The standard InChI is InChI=1S/C11H21NS/c1-2-11(5-6-11)9-12-10-4-3-7-13-8-10/h10,12H,2-9H2,1H3. The second-order valence-corrected chi connectivity index (χ2v) is 5.80. The molecular weight excluding hydrogens is 178 g/mol. The Balaban J connectivity index is 1.66. The van der Waals surface area contributed by atoms with Crippen LogP contribution in [0.5, 0.6) is 0 Å². The van der Waals surface area contributed by atoms with Crippen LogP contribution >= 0.6 is 11.8 Å². The van der Waals surface area contributed by atoms with Crippen LogP contribution in [0.2, 0.25) is 0 Å². The molecule has 0 spiro atoms. The minimum absolute atomic E-state index is 0.724. The van der Waals surface area contributed by atoms with Gasteiger partial charge in [0, 0.05) is 18.3 Å². The summed E-state index contributed by atoms with van der Waals surface area (Å²) in [6.07, 6.45) is 7.14. The number of hydrogen-bond acceptors (Lipinski definition) is 2. The SMILES string of the molecule is CCC1(CNC2CCCSC2)CC1. The van der Waals surface area contributed by atoms with E-state index in [1.165, 1.54) is 50.2 Å². The fraction of sp³-hybridized carbons (Fsp3) is 1.00. The van der Waals surface area contributed by atoms with E-state index in [2.05, 4.69) is 24.0 Å². The van der Waals surface area contributed by atoms with Crippen LogP contribution in [0.15, 0.2) is 0 Å². The topological polar surface area (TPSA) is 12.0 Å². The van der Waals surface area contributed by atoms with Gasteiger partial charge >= 0.3 is 0 Å². The molecule has 2 heteroatoms. The Morgan fingerprint density at radius 1 is 1.46 bits per heavy atom.